The second-order valence-electron chi connectivity index (χ2n) is 4.77. The van der Waals surface area contributed by atoms with Crippen molar-refractivity contribution in [2.45, 2.75) is 18.9 Å². The highest BCUT2D eigenvalue weighted by atomic mass is 16.5. The molecule has 0 aromatic heterocycles. The molecule has 0 spiro atoms. The summed E-state index contributed by atoms with van der Waals surface area (Å²) in [6.45, 7) is 0.552. The number of para-hydroxylation sites is 2. The molecular weight excluding hydrogens is 264 g/mol. The van der Waals surface area contributed by atoms with Gasteiger partial charge in [-0.3, -0.25) is 4.79 Å². The van der Waals surface area contributed by atoms with Crippen molar-refractivity contribution in [3.8, 4) is 5.75 Å². The van der Waals surface area contributed by atoms with E-state index in [0.717, 1.165) is 17.9 Å². The van der Waals surface area contributed by atoms with Crippen LogP contribution in [-0.2, 0) is 4.79 Å². The molecule has 2 aromatic carbocycles. The maximum absolute atomic E-state index is 11.9. The monoisotopic (exact) mass is 284 g/mol. The Balaban J connectivity index is 1.67. The number of anilines is 1. The second kappa shape index (κ2) is 8.07. The highest BCUT2D eigenvalue weighted by molar-refractivity contribution is 5.94. The third-order valence-electron chi connectivity index (χ3n) is 3.05. The fraction of sp³-hybridized carbons (Fsp3) is 0.235. The van der Waals surface area contributed by atoms with E-state index in [2.05, 4.69) is 5.32 Å². The molecule has 0 aliphatic rings. The normalized spacial score (nSPS) is 11.7. The lowest BCUT2D eigenvalue weighted by atomic mass is 10.1. The van der Waals surface area contributed by atoms with Crippen molar-refractivity contribution in [3.05, 3.63) is 60.7 Å². The van der Waals surface area contributed by atoms with Gasteiger partial charge in [0.25, 0.3) is 0 Å². The number of amides is 1. The summed E-state index contributed by atoms with van der Waals surface area (Å²) in [7, 11) is 0. The Morgan fingerprint density at radius 2 is 1.67 bits per heavy atom. The van der Waals surface area contributed by atoms with Gasteiger partial charge in [0.05, 0.1) is 12.6 Å². The summed E-state index contributed by atoms with van der Waals surface area (Å²) in [6.07, 6.45) is 1.32. The van der Waals surface area contributed by atoms with E-state index in [9.17, 15) is 4.79 Å². The Kier molecular flexibility index (Phi) is 5.79. The van der Waals surface area contributed by atoms with E-state index in [1.165, 1.54) is 0 Å². The fourth-order valence-corrected chi connectivity index (χ4v) is 1.90. The van der Waals surface area contributed by atoms with E-state index in [0.29, 0.717) is 13.0 Å². The standard InChI is InChI=1S/C17H20N2O2/c18-16(17(20)19-14-8-3-1-4-9-14)12-7-13-21-15-10-5-2-6-11-15/h1-6,8-11,16H,7,12-13,18H2,(H,19,20). The molecule has 0 heterocycles. The zero-order valence-corrected chi connectivity index (χ0v) is 11.9. The molecule has 2 rings (SSSR count). The lowest BCUT2D eigenvalue weighted by Gasteiger charge is -2.12. The molecule has 1 unspecified atom stereocenters. The average molecular weight is 284 g/mol. The summed E-state index contributed by atoms with van der Waals surface area (Å²) < 4.78 is 5.57. The SMILES string of the molecule is NC(CCCOc1ccccc1)C(=O)Nc1ccccc1. The predicted molar refractivity (Wildman–Crippen MR) is 84.2 cm³/mol. The Morgan fingerprint density at radius 3 is 2.33 bits per heavy atom. The van der Waals surface area contributed by atoms with Crippen LogP contribution in [0.15, 0.2) is 60.7 Å². The number of carbonyl (C=O) groups excluding carboxylic acids is 1. The van der Waals surface area contributed by atoms with Crippen LogP contribution >= 0.6 is 0 Å². The van der Waals surface area contributed by atoms with Gasteiger partial charge in [-0.05, 0) is 37.1 Å². The molecule has 4 nitrogen and oxygen atoms in total. The number of ether oxygens (including phenoxy) is 1. The maximum Gasteiger partial charge on any atom is 0.241 e. The van der Waals surface area contributed by atoms with E-state index < -0.39 is 6.04 Å². The summed E-state index contributed by atoms with van der Waals surface area (Å²) in [5.74, 6) is 0.667. The second-order valence-corrected chi connectivity index (χ2v) is 4.77. The minimum atomic E-state index is -0.524. The first-order chi connectivity index (χ1) is 10.3. The van der Waals surface area contributed by atoms with Crippen molar-refractivity contribution in [2.24, 2.45) is 5.73 Å². The molecular formula is C17H20N2O2. The van der Waals surface area contributed by atoms with E-state index in [1.807, 2.05) is 60.7 Å². The molecule has 0 fully saturated rings. The van der Waals surface area contributed by atoms with Crippen LogP contribution in [0.25, 0.3) is 0 Å². The molecule has 0 radical (unpaired) electrons. The van der Waals surface area contributed by atoms with Crippen LogP contribution in [0.2, 0.25) is 0 Å². The van der Waals surface area contributed by atoms with Crippen LogP contribution in [0.5, 0.6) is 5.75 Å². The minimum Gasteiger partial charge on any atom is -0.494 e. The Hall–Kier alpha value is -2.33. The zero-order valence-electron chi connectivity index (χ0n) is 11.9. The van der Waals surface area contributed by atoms with Crippen LogP contribution in [0, 0.1) is 0 Å². The number of nitrogens with two attached hydrogens (primary N) is 1. The van der Waals surface area contributed by atoms with Crippen LogP contribution in [0.1, 0.15) is 12.8 Å². The van der Waals surface area contributed by atoms with E-state index >= 15 is 0 Å². The average Bonchev–Trinajstić information content (AvgIpc) is 2.53. The highest BCUT2D eigenvalue weighted by Crippen LogP contribution is 2.10. The molecule has 1 amide bonds. The summed E-state index contributed by atoms with van der Waals surface area (Å²) in [4.78, 5) is 11.9. The maximum atomic E-state index is 11.9. The Bertz CT molecular complexity index is 543. The molecule has 0 aliphatic carbocycles. The van der Waals surface area contributed by atoms with Crippen molar-refractivity contribution < 1.29 is 9.53 Å². The van der Waals surface area contributed by atoms with Crippen molar-refractivity contribution in [1.82, 2.24) is 0 Å². The third kappa shape index (κ3) is 5.28. The number of rotatable bonds is 7. The quantitative estimate of drug-likeness (QED) is 0.768. The summed E-state index contributed by atoms with van der Waals surface area (Å²) in [5.41, 5.74) is 6.64. The van der Waals surface area contributed by atoms with Gasteiger partial charge in [-0.1, -0.05) is 36.4 Å². The minimum absolute atomic E-state index is 0.166. The predicted octanol–water partition coefficient (Wildman–Crippen LogP) is 2.81. The fourth-order valence-electron chi connectivity index (χ4n) is 1.90. The lowest BCUT2D eigenvalue weighted by molar-refractivity contribution is -0.117. The molecule has 21 heavy (non-hydrogen) atoms. The topological polar surface area (TPSA) is 64.3 Å². The molecule has 110 valence electrons. The van der Waals surface area contributed by atoms with Gasteiger partial charge in [-0.15, -0.1) is 0 Å². The number of carbonyl (C=O) groups is 1. The molecule has 0 saturated heterocycles. The van der Waals surface area contributed by atoms with E-state index in [-0.39, 0.29) is 5.91 Å². The number of benzene rings is 2. The third-order valence-corrected chi connectivity index (χ3v) is 3.05. The van der Waals surface area contributed by atoms with E-state index in [4.69, 9.17) is 10.5 Å². The van der Waals surface area contributed by atoms with Crippen molar-refractivity contribution in [2.75, 3.05) is 11.9 Å². The highest BCUT2D eigenvalue weighted by Gasteiger charge is 2.13. The van der Waals surface area contributed by atoms with Crippen molar-refractivity contribution in [1.29, 1.82) is 0 Å². The molecule has 0 bridgehead atoms. The Morgan fingerprint density at radius 1 is 1.05 bits per heavy atom. The summed E-state index contributed by atoms with van der Waals surface area (Å²) in [6, 6.07) is 18.4. The van der Waals surface area contributed by atoms with Crippen LogP contribution in [0.4, 0.5) is 5.69 Å². The lowest BCUT2D eigenvalue weighted by Crippen LogP contribution is -2.35. The summed E-state index contributed by atoms with van der Waals surface area (Å²) >= 11 is 0. The molecule has 0 saturated carbocycles. The molecule has 2 aromatic rings. The van der Waals surface area contributed by atoms with Gasteiger partial charge in [0.1, 0.15) is 5.75 Å². The van der Waals surface area contributed by atoms with Gasteiger partial charge >= 0.3 is 0 Å². The number of nitrogens with one attached hydrogen (secondary N) is 1. The molecule has 0 aliphatic heterocycles. The summed E-state index contributed by atoms with van der Waals surface area (Å²) in [5, 5.41) is 2.80. The van der Waals surface area contributed by atoms with Gasteiger partial charge in [0.2, 0.25) is 5.91 Å². The van der Waals surface area contributed by atoms with Gasteiger partial charge in [-0.2, -0.15) is 0 Å². The van der Waals surface area contributed by atoms with Crippen molar-refractivity contribution >= 4 is 11.6 Å². The number of hydrogen-bond acceptors (Lipinski definition) is 3. The molecule has 3 N–H and O–H groups in total. The first-order valence-electron chi connectivity index (χ1n) is 7.05. The molecule has 4 heteroatoms. The van der Waals surface area contributed by atoms with Crippen LogP contribution < -0.4 is 15.8 Å². The van der Waals surface area contributed by atoms with Gasteiger partial charge in [0.15, 0.2) is 0 Å². The van der Waals surface area contributed by atoms with E-state index in [1.54, 1.807) is 0 Å². The van der Waals surface area contributed by atoms with Crippen LogP contribution in [-0.4, -0.2) is 18.6 Å². The first kappa shape index (κ1) is 15.1. The smallest absolute Gasteiger partial charge is 0.241 e. The van der Waals surface area contributed by atoms with Gasteiger partial charge in [-0.25, -0.2) is 0 Å². The van der Waals surface area contributed by atoms with Crippen LogP contribution in [0.3, 0.4) is 0 Å². The zero-order chi connectivity index (χ0) is 14.9. The van der Waals surface area contributed by atoms with Crippen molar-refractivity contribution in [3.63, 3.8) is 0 Å². The largest absolute Gasteiger partial charge is 0.494 e. The van der Waals surface area contributed by atoms with Gasteiger partial charge < -0.3 is 15.8 Å². The Labute approximate surface area is 124 Å². The number of hydrogen-bond donors (Lipinski definition) is 2. The first-order valence-corrected chi connectivity index (χ1v) is 7.05. The molecule has 1 atom stereocenters. The van der Waals surface area contributed by atoms with Gasteiger partial charge in [0, 0.05) is 5.69 Å².